The SMILES string of the molecule is CCc1ccccc1N1C(N)=C(C#N)C(c2cc(C)cc(COc3ccc(F)cc3Cl)c2C)C2=C1CCCC2=O. The Balaban J connectivity index is 1.64. The monoisotopic (exact) mass is 555 g/mol. The number of Topliss-reactive ketones (excluding diaryl/α,β-unsaturated/α-hetero) is 1. The van der Waals surface area contributed by atoms with Gasteiger partial charge in [-0.15, -0.1) is 0 Å². The molecule has 5 nitrogen and oxygen atoms in total. The minimum absolute atomic E-state index is 0.0438. The number of carbonyl (C=O) groups excluding carboxylic acids is 1. The molecule has 2 aliphatic rings. The number of rotatable bonds is 6. The third kappa shape index (κ3) is 4.87. The van der Waals surface area contributed by atoms with Gasteiger partial charge in [-0.05, 0) is 79.6 Å². The summed E-state index contributed by atoms with van der Waals surface area (Å²) in [6.45, 7) is 6.21. The molecule has 0 bridgehead atoms. The van der Waals surface area contributed by atoms with Gasteiger partial charge < -0.3 is 10.5 Å². The fourth-order valence-corrected chi connectivity index (χ4v) is 6.08. The third-order valence-corrected chi connectivity index (χ3v) is 8.11. The summed E-state index contributed by atoms with van der Waals surface area (Å²) in [5.41, 5.74) is 14.3. The van der Waals surface area contributed by atoms with Gasteiger partial charge in [-0.1, -0.05) is 54.4 Å². The maximum absolute atomic E-state index is 13.6. The Morgan fingerprint density at radius 2 is 1.90 bits per heavy atom. The molecule has 1 aliphatic carbocycles. The number of aryl methyl sites for hydroxylation is 2. The van der Waals surface area contributed by atoms with Gasteiger partial charge in [-0.3, -0.25) is 9.69 Å². The Morgan fingerprint density at radius 3 is 2.62 bits per heavy atom. The first-order valence-electron chi connectivity index (χ1n) is 13.5. The van der Waals surface area contributed by atoms with Crippen molar-refractivity contribution in [2.75, 3.05) is 4.90 Å². The number of ether oxygens (including phenoxy) is 1. The zero-order chi connectivity index (χ0) is 28.6. The molecule has 1 heterocycles. The molecule has 2 N–H and O–H groups in total. The number of nitrogens with zero attached hydrogens (tertiary/aromatic N) is 2. The Bertz CT molecular complexity index is 1620. The van der Waals surface area contributed by atoms with Gasteiger partial charge in [0.15, 0.2) is 5.78 Å². The topological polar surface area (TPSA) is 79.3 Å². The van der Waals surface area contributed by atoms with Gasteiger partial charge >= 0.3 is 0 Å². The van der Waals surface area contributed by atoms with E-state index in [0.29, 0.717) is 35.6 Å². The number of anilines is 1. The van der Waals surface area contributed by atoms with Crippen molar-refractivity contribution in [3.8, 4) is 11.8 Å². The van der Waals surface area contributed by atoms with Crippen molar-refractivity contribution in [2.24, 2.45) is 5.73 Å². The molecule has 7 heteroatoms. The Labute approximate surface area is 239 Å². The van der Waals surface area contributed by atoms with Crippen LogP contribution in [0.5, 0.6) is 5.75 Å². The van der Waals surface area contributed by atoms with E-state index >= 15 is 0 Å². The molecular weight excluding hydrogens is 525 g/mol. The molecule has 1 aliphatic heterocycles. The average Bonchev–Trinajstić information content (AvgIpc) is 2.93. The van der Waals surface area contributed by atoms with Gasteiger partial charge in [0.05, 0.1) is 28.3 Å². The number of hydrogen-bond acceptors (Lipinski definition) is 5. The summed E-state index contributed by atoms with van der Waals surface area (Å²) in [7, 11) is 0. The summed E-state index contributed by atoms with van der Waals surface area (Å²) in [5, 5.41) is 10.7. The van der Waals surface area contributed by atoms with Crippen molar-refractivity contribution < 1.29 is 13.9 Å². The molecule has 0 saturated heterocycles. The molecule has 0 radical (unpaired) electrons. The number of nitriles is 1. The molecule has 0 aromatic heterocycles. The van der Waals surface area contributed by atoms with Crippen molar-refractivity contribution in [3.05, 3.63) is 116 Å². The predicted molar refractivity (Wildman–Crippen MR) is 155 cm³/mol. The lowest BCUT2D eigenvalue weighted by Crippen LogP contribution is -2.39. The number of benzene rings is 3. The molecule has 3 aromatic rings. The van der Waals surface area contributed by atoms with Crippen LogP contribution in [0.1, 0.15) is 59.9 Å². The first kappa shape index (κ1) is 27.5. The third-order valence-electron chi connectivity index (χ3n) is 7.81. The van der Waals surface area contributed by atoms with Gasteiger partial charge in [0.2, 0.25) is 0 Å². The van der Waals surface area contributed by atoms with E-state index < -0.39 is 11.7 Å². The van der Waals surface area contributed by atoms with E-state index in [4.69, 9.17) is 22.1 Å². The number of halogens is 2. The van der Waals surface area contributed by atoms with Gasteiger partial charge in [0.1, 0.15) is 24.0 Å². The van der Waals surface area contributed by atoms with Crippen LogP contribution >= 0.6 is 11.6 Å². The second-order valence-corrected chi connectivity index (χ2v) is 10.7. The van der Waals surface area contributed by atoms with E-state index in [1.807, 2.05) is 49.1 Å². The maximum Gasteiger partial charge on any atom is 0.161 e. The number of para-hydroxylation sites is 1. The number of ketones is 1. The summed E-state index contributed by atoms with van der Waals surface area (Å²) >= 11 is 6.18. The van der Waals surface area contributed by atoms with Crippen LogP contribution in [0.25, 0.3) is 0 Å². The lowest BCUT2D eigenvalue weighted by molar-refractivity contribution is -0.116. The second kappa shape index (κ2) is 11.2. The van der Waals surface area contributed by atoms with E-state index in [1.165, 1.54) is 18.2 Å². The van der Waals surface area contributed by atoms with Crippen molar-refractivity contribution in [1.29, 1.82) is 5.26 Å². The second-order valence-electron chi connectivity index (χ2n) is 10.3. The zero-order valence-corrected chi connectivity index (χ0v) is 23.6. The Kier molecular flexibility index (Phi) is 7.69. The highest BCUT2D eigenvalue weighted by Gasteiger charge is 2.41. The van der Waals surface area contributed by atoms with Crippen molar-refractivity contribution in [2.45, 2.75) is 59.0 Å². The molecule has 0 fully saturated rings. The summed E-state index contributed by atoms with van der Waals surface area (Å²) < 4.78 is 19.5. The van der Waals surface area contributed by atoms with Crippen LogP contribution in [0.3, 0.4) is 0 Å². The fraction of sp³-hybridized carbons (Fsp3) is 0.273. The highest BCUT2D eigenvalue weighted by Crippen LogP contribution is 2.48. The molecule has 0 amide bonds. The van der Waals surface area contributed by atoms with Crippen LogP contribution in [0.15, 0.2) is 77.3 Å². The Morgan fingerprint density at radius 1 is 1.12 bits per heavy atom. The molecule has 5 rings (SSSR count). The molecule has 1 unspecified atom stereocenters. The maximum atomic E-state index is 13.6. The number of nitrogens with two attached hydrogens (primary N) is 1. The van der Waals surface area contributed by atoms with Crippen LogP contribution in [0, 0.1) is 31.0 Å². The molecule has 1 atom stereocenters. The smallest absolute Gasteiger partial charge is 0.161 e. The predicted octanol–water partition coefficient (Wildman–Crippen LogP) is 7.54. The van der Waals surface area contributed by atoms with Crippen LogP contribution in [-0.4, -0.2) is 5.78 Å². The molecule has 0 spiro atoms. The van der Waals surface area contributed by atoms with Crippen molar-refractivity contribution in [3.63, 3.8) is 0 Å². The van der Waals surface area contributed by atoms with Gasteiger partial charge in [0, 0.05) is 17.7 Å². The number of hydrogen-bond donors (Lipinski definition) is 1. The molecule has 3 aromatic carbocycles. The van der Waals surface area contributed by atoms with E-state index in [1.54, 1.807) is 0 Å². The molecule has 40 heavy (non-hydrogen) atoms. The van der Waals surface area contributed by atoms with Crippen LogP contribution in [0.2, 0.25) is 5.02 Å². The summed E-state index contributed by atoms with van der Waals surface area (Å²) in [6.07, 6.45) is 2.65. The van der Waals surface area contributed by atoms with E-state index in [-0.39, 0.29) is 17.4 Å². The Hall–Kier alpha value is -4.08. The first-order chi connectivity index (χ1) is 19.2. The highest BCUT2D eigenvalue weighted by atomic mass is 35.5. The standard InChI is InChI=1S/C33H31ClFN3O2/c1-4-21-8-5-6-9-27(21)38-28-10-7-11-29(39)32(28)31(25(17-36)33(38)37)24-15-19(2)14-22(20(24)3)18-40-30-13-12-23(35)16-26(30)34/h5-6,8-9,12-16,31H,4,7,10-11,18,37H2,1-3H3. The molecular formula is C33H31ClFN3O2. The largest absolute Gasteiger partial charge is 0.487 e. The lowest BCUT2D eigenvalue weighted by atomic mass is 9.73. The molecule has 0 saturated carbocycles. The summed E-state index contributed by atoms with van der Waals surface area (Å²) in [4.78, 5) is 15.6. The van der Waals surface area contributed by atoms with E-state index in [0.717, 1.165) is 52.0 Å². The quantitative estimate of drug-likeness (QED) is 0.340. The molecule has 204 valence electrons. The van der Waals surface area contributed by atoms with Crippen LogP contribution < -0.4 is 15.4 Å². The van der Waals surface area contributed by atoms with Gasteiger partial charge in [-0.25, -0.2) is 4.39 Å². The first-order valence-corrected chi connectivity index (χ1v) is 13.8. The van der Waals surface area contributed by atoms with E-state index in [2.05, 4.69) is 19.1 Å². The normalized spacial score (nSPS) is 17.1. The highest BCUT2D eigenvalue weighted by molar-refractivity contribution is 6.32. The van der Waals surface area contributed by atoms with Crippen LogP contribution in [-0.2, 0) is 17.8 Å². The lowest BCUT2D eigenvalue weighted by Gasteiger charge is -2.40. The fourth-order valence-electron chi connectivity index (χ4n) is 5.86. The minimum atomic E-state index is -0.578. The van der Waals surface area contributed by atoms with Crippen LogP contribution in [0.4, 0.5) is 10.1 Å². The van der Waals surface area contributed by atoms with Gasteiger partial charge in [0.25, 0.3) is 0 Å². The van der Waals surface area contributed by atoms with E-state index in [9.17, 15) is 14.4 Å². The van der Waals surface area contributed by atoms with Crippen molar-refractivity contribution >= 4 is 23.1 Å². The number of allylic oxidation sites excluding steroid dienone is 3. The zero-order valence-electron chi connectivity index (χ0n) is 22.9. The average molecular weight is 556 g/mol. The number of carbonyl (C=O) groups is 1. The van der Waals surface area contributed by atoms with Crippen molar-refractivity contribution in [1.82, 2.24) is 0 Å². The summed E-state index contributed by atoms with van der Waals surface area (Å²) in [6, 6.07) is 18.4. The minimum Gasteiger partial charge on any atom is -0.487 e. The summed E-state index contributed by atoms with van der Waals surface area (Å²) in [5.74, 6) is -0.233. The van der Waals surface area contributed by atoms with Gasteiger partial charge in [-0.2, -0.15) is 5.26 Å².